The Balaban J connectivity index is 1.68. The highest BCUT2D eigenvalue weighted by Gasteiger charge is 2.51. The summed E-state index contributed by atoms with van der Waals surface area (Å²) >= 11 is 0. The van der Waals surface area contributed by atoms with E-state index in [1.165, 1.54) is 32.2 Å². The maximum atomic E-state index is 13.3. The van der Waals surface area contributed by atoms with Gasteiger partial charge in [-0.15, -0.1) is 0 Å². The van der Waals surface area contributed by atoms with Crippen molar-refractivity contribution >= 4 is 11.0 Å². The monoisotopic (exact) mass is 608 g/mol. The molecule has 15 heteroatoms. The smallest absolute Gasteiger partial charge is 0.197 e. The van der Waals surface area contributed by atoms with E-state index < -0.39 is 95.7 Å². The highest BCUT2D eigenvalue weighted by Crippen LogP contribution is 2.45. The van der Waals surface area contributed by atoms with Gasteiger partial charge in [-0.1, -0.05) is 0 Å². The Kier molecular flexibility index (Phi) is 8.54. The first-order chi connectivity index (χ1) is 20.4. The average Bonchev–Trinajstić information content (AvgIpc) is 2.97. The Labute approximate surface area is 242 Å². The number of fused-ring (bicyclic) bond motifs is 1. The highest BCUT2D eigenvalue weighted by molar-refractivity contribution is 5.89. The van der Waals surface area contributed by atoms with Gasteiger partial charge in [0.1, 0.15) is 71.5 Å². The summed E-state index contributed by atoms with van der Waals surface area (Å²) in [4.78, 5) is 13.3. The van der Waals surface area contributed by atoms with Gasteiger partial charge in [0.15, 0.2) is 28.8 Å². The molecule has 5 rings (SSSR count). The lowest BCUT2D eigenvalue weighted by Gasteiger charge is -2.46. The van der Waals surface area contributed by atoms with Crippen molar-refractivity contribution in [1.82, 2.24) is 0 Å². The van der Waals surface area contributed by atoms with E-state index in [9.17, 15) is 50.8 Å². The predicted octanol–water partition coefficient (Wildman–Crippen LogP) is -1.05. The van der Waals surface area contributed by atoms with Gasteiger partial charge in [0.2, 0.25) is 0 Å². The van der Waals surface area contributed by atoms with Crippen LogP contribution in [0.5, 0.6) is 23.0 Å². The first-order valence-electron chi connectivity index (χ1n) is 13.3. The van der Waals surface area contributed by atoms with Crippen molar-refractivity contribution in [2.75, 3.05) is 13.7 Å². The summed E-state index contributed by atoms with van der Waals surface area (Å²) < 4.78 is 28.2. The Bertz CT molecular complexity index is 1540. The number of methoxy groups -OCH3 is 1. The van der Waals surface area contributed by atoms with Gasteiger partial charge in [0, 0.05) is 17.7 Å². The Hall–Kier alpha value is -3.51. The number of phenols is 3. The zero-order valence-corrected chi connectivity index (χ0v) is 22.8. The molecule has 0 radical (unpaired) electrons. The maximum absolute atomic E-state index is 13.3. The van der Waals surface area contributed by atoms with Gasteiger partial charge in [-0.25, -0.2) is 0 Å². The number of hydrogen-bond donors (Lipinski definition) is 9. The molecule has 2 fully saturated rings. The van der Waals surface area contributed by atoms with E-state index in [0.29, 0.717) is 0 Å². The van der Waals surface area contributed by atoms with E-state index >= 15 is 0 Å². The minimum absolute atomic E-state index is 0.0544. The average molecular weight is 609 g/mol. The number of rotatable bonds is 6. The molecule has 2 saturated heterocycles. The second kappa shape index (κ2) is 11.9. The van der Waals surface area contributed by atoms with Crippen molar-refractivity contribution in [3.63, 3.8) is 0 Å². The van der Waals surface area contributed by atoms with Gasteiger partial charge in [0.25, 0.3) is 0 Å². The van der Waals surface area contributed by atoms with E-state index in [-0.39, 0.29) is 28.4 Å². The molecule has 10 atom stereocenters. The van der Waals surface area contributed by atoms with Crippen molar-refractivity contribution in [3.8, 4) is 34.3 Å². The van der Waals surface area contributed by atoms with Crippen LogP contribution in [0.2, 0.25) is 0 Å². The van der Waals surface area contributed by atoms with Crippen molar-refractivity contribution < 1.29 is 69.3 Å². The van der Waals surface area contributed by atoms with Crippen LogP contribution in [0.1, 0.15) is 18.6 Å². The van der Waals surface area contributed by atoms with E-state index in [0.717, 1.165) is 12.1 Å². The third-order valence-electron chi connectivity index (χ3n) is 7.71. The molecule has 3 aromatic rings. The maximum Gasteiger partial charge on any atom is 0.197 e. The van der Waals surface area contributed by atoms with Crippen molar-refractivity contribution in [2.45, 2.75) is 68.1 Å². The van der Waals surface area contributed by atoms with Gasteiger partial charge >= 0.3 is 0 Å². The third kappa shape index (κ3) is 5.39. The largest absolute Gasteiger partial charge is 0.507 e. The summed E-state index contributed by atoms with van der Waals surface area (Å²) in [5.74, 6) is -1.58. The van der Waals surface area contributed by atoms with Crippen LogP contribution in [0.4, 0.5) is 0 Å². The van der Waals surface area contributed by atoms with Crippen LogP contribution in [0.3, 0.4) is 0 Å². The third-order valence-corrected chi connectivity index (χ3v) is 7.71. The van der Waals surface area contributed by atoms with Crippen LogP contribution < -0.4 is 10.2 Å². The number of phenolic OH excluding ortho intramolecular Hbond substituents is 3. The van der Waals surface area contributed by atoms with E-state index in [1.54, 1.807) is 0 Å². The van der Waals surface area contributed by atoms with Crippen molar-refractivity contribution in [3.05, 3.63) is 46.1 Å². The second-order valence-electron chi connectivity index (χ2n) is 10.4. The molecule has 234 valence electrons. The Morgan fingerprint density at radius 1 is 0.837 bits per heavy atom. The first-order valence-corrected chi connectivity index (χ1v) is 13.3. The summed E-state index contributed by atoms with van der Waals surface area (Å²) in [5, 5.41) is 93.6. The van der Waals surface area contributed by atoms with Gasteiger partial charge in [-0.05, 0) is 25.1 Å². The molecule has 15 nitrogen and oxygen atoms in total. The van der Waals surface area contributed by atoms with Crippen LogP contribution in [0, 0.1) is 0 Å². The van der Waals surface area contributed by atoms with Crippen LogP contribution in [-0.2, 0) is 14.2 Å². The number of aromatic hydroxyl groups is 3. The molecular formula is C28H32O15. The second-order valence-corrected chi connectivity index (χ2v) is 10.4. The molecule has 43 heavy (non-hydrogen) atoms. The number of aliphatic hydroxyl groups excluding tert-OH is 6. The van der Waals surface area contributed by atoms with Crippen LogP contribution in [-0.4, -0.2) is 115 Å². The summed E-state index contributed by atoms with van der Waals surface area (Å²) in [6.45, 7) is 0.594. The predicted molar refractivity (Wildman–Crippen MR) is 143 cm³/mol. The molecule has 2 aliphatic heterocycles. The molecule has 10 unspecified atom stereocenters. The van der Waals surface area contributed by atoms with Crippen molar-refractivity contribution in [2.24, 2.45) is 0 Å². The lowest BCUT2D eigenvalue weighted by Crippen LogP contribution is -2.61. The fraction of sp³-hybridized carbons (Fsp3) is 0.464. The molecule has 0 bridgehead atoms. The molecule has 0 aliphatic carbocycles. The number of ether oxygens (including phenoxy) is 4. The fourth-order valence-electron chi connectivity index (χ4n) is 5.33. The van der Waals surface area contributed by atoms with Crippen LogP contribution >= 0.6 is 0 Å². The lowest BCUT2D eigenvalue weighted by molar-refractivity contribution is -0.338. The molecule has 0 saturated carbocycles. The van der Waals surface area contributed by atoms with Crippen LogP contribution in [0.25, 0.3) is 22.3 Å². The van der Waals surface area contributed by atoms with E-state index in [2.05, 4.69) is 0 Å². The standard InChI is InChI=1S/C28H32O15/c1-9-20(34)22(36)24(38)28(40-9)43-27-23(37)21(35)17(8-29)42-26(27)19-13(32)6-12(31)18-14(33)7-15(41-25(18)19)10-3-4-11(30)16(5-10)39-2/h3-7,9,17,20-24,26-32,34-38H,8H2,1-2H3. The SMILES string of the molecule is COc1cc(-c2cc(=O)c3c(O)cc(O)c(C4OC(CO)C(O)C(O)C4OC4OC(C)C(O)C(O)C4O)c3o2)ccc1O. The number of hydrogen-bond acceptors (Lipinski definition) is 15. The summed E-state index contributed by atoms with van der Waals surface area (Å²) in [6.07, 6.45) is -16.2. The molecule has 0 amide bonds. The molecule has 3 heterocycles. The Morgan fingerprint density at radius 2 is 1.56 bits per heavy atom. The topological polar surface area (TPSA) is 249 Å². The summed E-state index contributed by atoms with van der Waals surface area (Å²) in [5.41, 5.74) is -1.26. The number of benzene rings is 2. The number of aliphatic hydroxyl groups is 6. The lowest BCUT2D eigenvalue weighted by atomic mass is 9.89. The zero-order valence-electron chi connectivity index (χ0n) is 22.8. The van der Waals surface area contributed by atoms with E-state index in [1.807, 2.05) is 0 Å². The van der Waals surface area contributed by atoms with Gasteiger partial charge in [-0.3, -0.25) is 4.79 Å². The Morgan fingerprint density at radius 3 is 2.23 bits per heavy atom. The normalized spacial score (nSPS) is 33.0. The van der Waals surface area contributed by atoms with Crippen LogP contribution in [0.15, 0.2) is 39.5 Å². The fourth-order valence-corrected chi connectivity index (χ4v) is 5.33. The molecule has 0 spiro atoms. The van der Waals surface area contributed by atoms with Gasteiger partial charge in [-0.2, -0.15) is 0 Å². The minimum atomic E-state index is -1.87. The van der Waals surface area contributed by atoms with Crippen molar-refractivity contribution in [1.29, 1.82) is 0 Å². The molecule has 2 aromatic carbocycles. The molecule has 1 aromatic heterocycles. The molecular weight excluding hydrogens is 576 g/mol. The van der Waals surface area contributed by atoms with E-state index in [4.69, 9.17) is 23.4 Å². The minimum Gasteiger partial charge on any atom is -0.507 e. The highest BCUT2D eigenvalue weighted by atomic mass is 16.7. The van der Waals surface area contributed by atoms with Gasteiger partial charge < -0.3 is 69.3 Å². The quantitative estimate of drug-likeness (QED) is 0.162. The molecule has 9 N–H and O–H groups in total. The van der Waals surface area contributed by atoms with Gasteiger partial charge in [0.05, 0.1) is 25.4 Å². The summed E-state index contributed by atoms with van der Waals surface area (Å²) in [6, 6.07) is 5.96. The zero-order chi connectivity index (χ0) is 31.3. The first kappa shape index (κ1) is 30.9. The molecule has 2 aliphatic rings. The summed E-state index contributed by atoms with van der Waals surface area (Å²) in [7, 11) is 1.31.